The van der Waals surface area contributed by atoms with Crippen LogP contribution in [0.5, 0.6) is 40.2 Å². The third-order valence-corrected chi connectivity index (χ3v) is 12.3. The molecule has 0 amide bonds. The molecular formula is C42H44O21. The molecule has 21 nitrogen and oxygen atoms in total. The molecule has 1 saturated carbocycles. The molecule has 13 atom stereocenters. The quantitative estimate of drug-likeness (QED) is 0.0859. The van der Waals surface area contributed by atoms with Gasteiger partial charge in [0.25, 0.3) is 0 Å². The van der Waals surface area contributed by atoms with Gasteiger partial charge in [-0.1, -0.05) is 12.1 Å². The van der Waals surface area contributed by atoms with E-state index in [-0.39, 0.29) is 41.2 Å². The Bertz CT molecular complexity index is 2320. The molecule has 2 saturated heterocycles. The molecule has 0 radical (unpaired) electrons. The summed E-state index contributed by atoms with van der Waals surface area (Å²) < 4.78 is 28.7. The number of aromatic hydroxyl groups is 4. The van der Waals surface area contributed by atoms with E-state index in [1.54, 1.807) is 12.1 Å². The van der Waals surface area contributed by atoms with E-state index in [2.05, 4.69) is 0 Å². The van der Waals surface area contributed by atoms with E-state index in [1.807, 2.05) is 0 Å². The third-order valence-electron chi connectivity index (χ3n) is 12.3. The highest BCUT2D eigenvalue weighted by Crippen LogP contribution is 2.64. The molecule has 8 rings (SSSR count). The second-order valence-corrected chi connectivity index (χ2v) is 16.3. The van der Waals surface area contributed by atoms with Crippen molar-refractivity contribution in [2.75, 3.05) is 13.2 Å². The number of hydrogen-bond acceptors (Lipinski definition) is 21. The van der Waals surface area contributed by atoms with Gasteiger partial charge >= 0.3 is 0 Å². The lowest BCUT2D eigenvalue weighted by Gasteiger charge is -2.39. The van der Waals surface area contributed by atoms with Crippen LogP contribution in [0.25, 0.3) is 5.57 Å². The first kappa shape index (κ1) is 44.2. The summed E-state index contributed by atoms with van der Waals surface area (Å²) in [5.74, 6) is -8.40. The average Bonchev–Trinajstić information content (AvgIpc) is 3.70. The number of aryl methyl sites for hydroxylation is 1. The number of aliphatic hydroxyl groups is 9. The molecular weight excluding hydrogens is 840 g/mol. The fourth-order valence-corrected chi connectivity index (χ4v) is 8.98. The highest BCUT2D eigenvalue weighted by molar-refractivity contribution is 6.15. The number of ether oxygens (including phenoxy) is 5. The molecule has 3 aliphatic heterocycles. The number of aliphatic hydroxyl groups excluding tert-OH is 8. The van der Waals surface area contributed by atoms with Crippen LogP contribution >= 0.6 is 0 Å². The zero-order chi connectivity index (χ0) is 45.4. The molecule has 2 aliphatic carbocycles. The number of Topliss-reactive ketones (excluding diaryl/α,β-unsaturated/α-hetero) is 2. The number of rotatable bonds is 12. The Balaban J connectivity index is 1.13. The fraction of sp³-hybridized carbons (Fsp3) is 0.452. The van der Waals surface area contributed by atoms with Crippen LogP contribution in [-0.4, -0.2) is 170 Å². The van der Waals surface area contributed by atoms with E-state index >= 15 is 0 Å². The summed E-state index contributed by atoms with van der Waals surface area (Å²) >= 11 is 0. The van der Waals surface area contributed by atoms with Crippen molar-refractivity contribution >= 4 is 22.9 Å². The van der Waals surface area contributed by atoms with Gasteiger partial charge in [0.05, 0.1) is 24.7 Å². The van der Waals surface area contributed by atoms with Crippen LogP contribution in [0.1, 0.15) is 51.1 Å². The predicted octanol–water partition coefficient (Wildman–Crippen LogP) is -2.20. The first-order chi connectivity index (χ1) is 29.8. The second-order valence-electron chi connectivity index (χ2n) is 16.3. The van der Waals surface area contributed by atoms with Crippen LogP contribution in [0.3, 0.4) is 0 Å². The van der Waals surface area contributed by atoms with Gasteiger partial charge in [-0.15, -0.1) is 0 Å². The highest BCUT2D eigenvalue weighted by atomic mass is 16.7. The zero-order valence-electron chi connectivity index (χ0n) is 32.8. The maximum absolute atomic E-state index is 14.4. The number of phenolic OH excluding ortho intramolecular Hbond substituents is 4. The molecule has 3 aromatic carbocycles. The average molecular weight is 885 g/mol. The van der Waals surface area contributed by atoms with Crippen LogP contribution in [0.15, 0.2) is 48.5 Å². The summed E-state index contributed by atoms with van der Waals surface area (Å²) in [6.07, 6.45) is -17.7. The topological polar surface area (TPSA) is 360 Å². The van der Waals surface area contributed by atoms with Crippen LogP contribution in [0, 0.1) is 5.92 Å². The Labute approximate surface area is 355 Å². The molecule has 338 valence electrons. The van der Waals surface area contributed by atoms with Gasteiger partial charge < -0.3 is 90.1 Å². The summed E-state index contributed by atoms with van der Waals surface area (Å²) in [6.45, 7) is -1.60. The van der Waals surface area contributed by atoms with E-state index in [9.17, 15) is 80.8 Å². The van der Waals surface area contributed by atoms with E-state index in [4.69, 9.17) is 23.7 Å². The van der Waals surface area contributed by atoms with Gasteiger partial charge in [-0.3, -0.25) is 14.4 Å². The maximum atomic E-state index is 14.4. The SMILES string of the molecule is O=C(CCc1ccc(O)cc1)c1c(O)cc(O[C@@H]2O[C@H](CO)[C@@H](O)[C@H](O)[C@H]2O)c2c1OC13CC(C(=O)c4c(O)cc(O[C@@H]5O[C@H](CO)[C@@H](O)[C@H](O)[C@H]5O)cc4O)C(O)(C1)C(=O)C=C23. The standard InChI is InChI=1S/C42H44O21/c43-12-25-32(52)34(54)36(56)39(61-25)59-17-7-21(47)29(22(48)8-17)31(51)19-11-41-14-42(19,58)27(50)9-18(41)28-24(60-40-37(57)35(55)33(53)26(13-44)62-40)10-23(49)30(38(28)63-41)20(46)6-3-15-1-4-16(45)5-2-15/h1-2,4-5,7-10,19,25-26,32-37,39-40,43-45,47-49,52-58H,3,6,11-14H2/t19?,25-,26-,32-,33-,34+,35+,36-,37-,39-,40-,41?,42?/m1/s1. The number of fused-ring (bicyclic) bond motifs is 3. The maximum Gasteiger partial charge on any atom is 0.229 e. The molecule has 3 unspecified atom stereocenters. The second kappa shape index (κ2) is 16.3. The number of benzene rings is 3. The molecule has 3 fully saturated rings. The third kappa shape index (κ3) is 7.33. The van der Waals surface area contributed by atoms with Crippen molar-refractivity contribution in [3.05, 3.63) is 70.8 Å². The van der Waals surface area contributed by atoms with Crippen molar-refractivity contribution in [3.63, 3.8) is 0 Å². The van der Waals surface area contributed by atoms with Crippen LogP contribution in [0.4, 0.5) is 0 Å². The Hall–Kier alpha value is -5.43. The number of ketones is 3. The normalized spacial score (nSPS) is 34.4. The lowest BCUT2D eigenvalue weighted by molar-refractivity contribution is -0.277. The van der Waals surface area contributed by atoms with Crippen molar-refractivity contribution < 1.29 is 104 Å². The first-order valence-corrected chi connectivity index (χ1v) is 19.8. The number of hydrogen-bond donors (Lipinski definition) is 13. The molecule has 13 N–H and O–H groups in total. The zero-order valence-corrected chi connectivity index (χ0v) is 32.8. The summed E-state index contributed by atoms with van der Waals surface area (Å²) in [4.78, 5) is 42.4. The number of carbonyl (C=O) groups is 3. The monoisotopic (exact) mass is 884 g/mol. The van der Waals surface area contributed by atoms with Crippen molar-refractivity contribution in [1.29, 1.82) is 0 Å². The molecule has 3 aromatic rings. The lowest BCUT2D eigenvalue weighted by atomic mass is 9.77. The molecule has 3 heterocycles. The Morgan fingerprint density at radius 2 is 1.29 bits per heavy atom. The molecule has 63 heavy (non-hydrogen) atoms. The lowest BCUT2D eigenvalue weighted by Crippen LogP contribution is -2.60. The van der Waals surface area contributed by atoms with Gasteiger partial charge in [-0.25, -0.2) is 0 Å². The highest BCUT2D eigenvalue weighted by Gasteiger charge is 2.68. The van der Waals surface area contributed by atoms with Gasteiger partial charge in [0, 0.05) is 43.0 Å². The molecule has 5 aliphatic rings. The van der Waals surface area contributed by atoms with Gasteiger partial charge in [-0.05, 0) is 30.2 Å². The molecule has 21 heteroatoms. The summed E-state index contributed by atoms with van der Waals surface area (Å²) in [6, 6.07) is 8.61. The Morgan fingerprint density at radius 3 is 1.86 bits per heavy atom. The minimum atomic E-state index is -2.56. The Kier molecular flexibility index (Phi) is 11.4. The van der Waals surface area contributed by atoms with Crippen molar-refractivity contribution in [3.8, 4) is 40.2 Å². The van der Waals surface area contributed by atoms with Crippen molar-refractivity contribution in [2.45, 2.75) is 98.3 Å². The summed E-state index contributed by atoms with van der Waals surface area (Å²) in [7, 11) is 0. The summed E-state index contributed by atoms with van der Waals surface area (Å²) in [5, 5.41) is 137. The number of phenols is 4. The van der Waals surface area contributed by atoms with Crippen LogP contribution in [-0.2, 0) is 20.7 Å². The minimum absolute atomic E-state index is 0.00907. The fourth-order valence-electron chi connectivity index (χ4n) is 8.98. The van der Waals surface area contributed by atoms with Gasteiger partial charge in [-0.2, -0.15) is 0 Å². The largest absolute Gasteiger partial charge is 0.508 e. The van der Waals surface area contributed by atoms with E-state index in [0.717, 1.165) is 24.3 Å². The predicted molar refractivity (Wildman–Crippen MR) is 206 cm³/mol. The molecule has 0 aromatic heterocycles. The first-order valence-electron chi connectivity index (χ1n) is 19.8. The van der Waals surface area contributed by atoms with E-state index < -0.39 is 156 Å². The van der Waals surface area contributed by atoms with Crippen LogP contribution in [0.2, 0.25) is 0 Å². The summed E-state index contributed by atoms with van der Waals surface area (Å²) in [5.41, 5.74) is -5.13. The molecule has 2 bridgehead atoms. The van der Waals surface area contributed by atoms with Crippen LogP contribution < -0.4 is 14.2 Å². The Morgan fingerprint density at radius 1 is 0.730 bits per heavy atom. The van der Waals surface area contributed by atoms with Gasteiger partial charge in [0.1, 0.15) is 111 Å². The number of carbonyl (C=O) groups excluding carboxylic acids is 3. The molecule has 1 spiro atoms. The van der Waals surface area contributed by atoms with Gasteiger partial charge in [0.2, 0.25) is 12.6 Å². The van der Waals surface area contributed by atoms with Gasteiger partial charge in [0.15, 0.2) is 17.3 Å². The van der Waals surface area contributed by atoms with Crippen molar-refractivity contribution in [1.82, 2.24) is 0 Å². The van der Waals surface area contributed by atoms with Crippen molar-refractivity contribution in [2.24, 2.45) is 5.92 Å². The minimum Gasteiger partial charge on any atom is -0.508 e. The van der Waals surface area contributed by atoms with E-state index in [1.165, 1.54) is 12.1 Å². The van der Waals surface area contributed by atoms with E-state index in [0.29, 0.717) is 5.56 Å². The smallest absolute Gasteiger partial charge is 0.229 e.